The number of furan rings is 1. The molecule has 4 rings (SSSR count). The first-order chi connectivity index (χ1) is 11.1. The van der Waals surface area contributed by atoms with E-state index in [1.54, 1.807) is 40.3 Å². The second-order valence-corrected chi connectivity index (χ2v) is 5.75. The minimum atomic E-state index is -0.591. The Morgan fingerprint density at radius 2 is 2.09 bits per heavy atom. The highest BCUT2D eigenvalue weighted by atomic mass is 16.3. The monoisotopic (exact) mass is 313 g/mol. The number of carbonyl (C=O) groups excluding carboxylic acids is 3. The van der Waals surface area contributed by atoms with Gasteiger partial charge in [-0.2, -0.15) is 0 Å². The largest absolute Gasteiger partial charge is 0.464 e. The van der Waals surface area contributed by atoms with Gasteiger partial charge in [-0.1, -0.05) is 0 Å². The van der Waals surface area contributed by atoms with E-state index in [0.29, 0.717) is 18.7 Å². The van der Waals surface area contributed by atoms with Gasteiger partial charge in [0, 0.05) is 24.0 Å². The molecule has 118 valence electrons. The Labute approximate surface area is 131 Å². The highest BCUT2D eigenvalue weighted by molar-refractivity contribution is 5.99. The fourth-order valence-electron chi connectivity index (χ4n) is 3.15. The molecule has 1 atom stereocenters. The van der Waals surface area contributed by atoms with E-state index < -0.39 is 6.04 Å². The van der Waals surface area contributed by atoms with Crippen LogP contribution in [0.5, 0.6) is 0 Å². The Kier molecular flexibility index (Phi) is 3.07. The maximum Gasteiger partial charge on any atom is 0.254 e. The standard InChI is InChI=1S/C16H15N3O4/c20-14-8-17-15(21)12-9-18(4-5-19(12)14)16(22)11-1-2-13-10(7-11)3-6-23-13/h1-3,6-7,12H,4-5,8-9H2,(H,17,21). The number of nitrogens with zero attached hydrogens (tertiary/aromatic N) is 2. The molecule has 2 aliphatic rings. The van der Waals surface area contributed by atoms with Gasteiger partial charge in [-0.3, -0.25) is 14.4 Å². The smallest absolute Gasteiger partial charge is 0.254 e. The summed E-state index contributed by atoms with van der Waals surface area (Å²) in [6, 6.07) is 6.46. The predicted molar refractivity (Wildman–Crippen MR) is 80.6 cm³/mol. The van der Waals surface area contributed by atoms with Crippen LogP contribution in [0, 0.1) is 0 Å². The number of fused-ring (bicyclic) bond motifs is 2. The van der Waals surface area contributed by atoms with Gasteiger partial charge in [-0.15, -0.1) is 0 Å². The molecular weight excluding hydrogens is 298 g/mol. The van der Waals surface area contributed by atoms with Crippen molar-refractivity contribution < 1.29 is 18.8 Å². The van der Waals surface area contributed by atoms with E-state index >= 15 is 0 Å². The summed E-state index contributed by atoms with van der Waals surface area (Å²) in [6.07, 6.45) is 1.58. The quantitative estimate of drug-likeness (QED) is 0.816. The van der Waals surface area contributed by atoms with Gasteiger partial charge in [0.25, 0.3) is 5.91 Å². The summed E-state index contributed by atoms with van der Waals surface area (Å²) in [5.41, 5.74) is 1.28. The molecule has 7 heteroatoms. The highest BCUT2D eigenvalue weighted by Gasteiger charge is 2.39. The molecule has 3 amide bonds. The minimum Gasteiger partial charge on any atom is -0.464 e. The van der Waals surface area contributed by atoms with Gasteiger partial charge < -0.3 is 19.5 Å². The number of benzene rings is 1. The lowest BCUT2D eigenvalue weighted by Crippen LogP contribution is -2.66. The van der Waals surface area contributed by atoms with E-state index in [9.17, 15) is 14.4 Å². The summed E-state index contributed by atoms with van der Waals surface area (Å²) in [6.45, 7) is 1.08. The van der Waals surface area contributed by atoms with Crippen LogP contribution in [0.1, 0.15) is 10.4 Å². The van der Waals surface area contributed by atoms with Crippen LogP contribution in [0.25, 0.3) is 11.0 Å². The molecule has 0 bridgehead atoms. The first-order valence-corrected chi connectivity index (χ1v) is 7.47. The molecule has 1 aromatic heterocycles. The van der Waals surface area contributed by atoms with Crippen LogP contribution in [-0.2, 0) is 9.59 Å². The van der Waals surface area contributed by atoms with Crippen molar-refractivity contribution in [2.75, 3.05) is 26.2 Å². The fraction of sp³-hybridized carbons (Fsp3) is 0.312. The summed E-state index contributed by atoms with van der Waals surface area (Å²) in [5, 5.41) is 3.43. The van der Waals surface area contributed by atoms with Gasteiger partial charge in [0.15, 0.2) is 0 Å². The van der Waals surface area contributed by atoms with Crippen LogP contribution >= 0.6 is 0 Å². The molecule has 1 aromatic carbocycles. The molecule has 0 aliphatic carbocycles. The third-order valence-electron chi connectivity index (χ3n) is 4.40. The minimum absolute atomic E-state index is 0.0421. The molecule has 0 radical (unpaired) electrons. The van der Waals surface area contributed by atoms with Crippen LogP contribution in [-0.4, -0.2) is 59.7 Å². The Hall–Kier alpha value is -2.83. The summed E-state index contributed by atoms with van der Waals surface area (Å²) in [5.74, 6) is -0.438. The Balaban J connectivity index is 1.57. The van der Waals surface area contributed by atoms with E-state index in [0.717, 1.165) is 11.0 Å². The number of hydrogen-bond donors (Lipinski definition) is 1. The second kappa shape index (κ2) is 5.12. The van der Waals surface area contributed by atoms with Gasteiger partial charge in [0.05, 0.1) is 19.4 Å². The van der Waals surface area contributed by atoms with Gasteiger partial charge in [-0.25, -0.2) is 0 Å². The van der Waals surface area contributed by atoms with Crippen molar-refractivity contribution in [3.63, 3.8) is 0 Å². The Morgan fingerprint density at radius 1 is 1.22 bits per heavy atom. The van der Waals surface area contributed by atoms with E-state index in [1.807, 2.05) is 0 Å². The predicted octanol–water partition coefficient (Wildman–Crippen LogP) is 0.216. The molecule has 2 fully saturated rings. The maximum atomic E-state index is 12.7. The van der Waals surface area contributed by atoms with Crippen LogP contribution in [0.2, 0.25) is 0 Å². The maximum absolute atomic E-state index is 12.7. The van der Waals surface area contributed by atoms with Gasteiger partial charge >= 0.3 is 0 Å². The van der Waals surface area contributed by atoms with Crippen molar-refractivity contribution in [2.45, 2.75) is 6.04 Å². The number of nitrogens with one attached hydrogen (secondary N) is 1. The van der Waals surface area contributed by atoms with Crippen molar-refractivity contribution >= 4 is 28.7 Å². The molecular formula is C16H15N3O4. The van der Waals surface area contributed by atoms with Crippen molar-refractivity contribution in [3.05, 3.63) is 36.1 Å². The van der Waals surface area contributed by atoms with Crippen molar-refractivity contribution in [1.82, 2.24) is 15.1 Å². The zero-order valence-electron chi connectivity index (χ0n) is 12.3. The molecule has 3 heterocycles. The van der Waals surface area contributed by atoms with E-state index in [-0.39, 0.29) is 30.8 Å². The second-order valence-electron chi connectivity index (χ2n) is 5.75. The van der Waals surface area contributed by atoms with Gasteiger partial charge in [0.2, 0.25) is 11.8 Å². The third-order valence-corrected chi connectivity index (χ3v) is 4.40. The molecule has 0 saturated carbocycles. The zero-order chi connectivity index (χ0) is 16.0. The summed E-state index contributed by atoms with van der Waals surface area (Å²) < 4.78 is 5.27. The first-order valence-electron chi connectivity index (χ1n) is 7.47. The van der Waals surface area contributed by atoms with Gasteiger partial charge in [0.1, 0.15) is 11.6 Å². The van der Waals surface area contributed by atoms with Gasteiger partial charge in [-0.05, 0) is 24.3 Å². The summed E-state index contributed by atoms with van der Waals surface area (Å²) in [7, 11) is 0. The molecule has 7 nitrogen and oxygen atoms in total. The number of amides is 3. The molecule has 2 aliphatic heterocycles. The molecule has 2 aromatic rings. The molecule has 0 spiro atoms. The van der Waals surface area contributed by atoms with Crippen molar-refractivity contribution in [3.8, 4) is 0 Å². The number of rotatable bonds is 1. The summed E-state index contributed by atoms with van der Waals surface area (Å²) >= 11 is 0. The number of carbonyl (C=O) groups is 3. The van der Waals surface area contributed by atoms with E-state index in [1.165, 1.54) is 0 Å². The lowest BCUT2D eigenvalue weighted by atomic mass is 10.1. The Bertz CT molecular complexity index is 813. The zero-order valence-corrected chi connectivity index (χ0v) is 12.3. The number of piperazine rings is 2. The van der Waals surface area contributed by atoms with E-state index in [4.69, 9.17) is 4.42 Å². The molecule has 1 N–H and O–H groups in total. The molecule has 23 heavy (non-hydrogen) atoms. The average Bonchev–Trinajstić information content (AvgIpc) is 3.05. The number of hydrogen-bond acceptors (Lipinski definition) is 4. The van der Waals surface area contributed by atoms with Crippen molar-refractivity contribution in [2.24, 2.45) is 0 Å². The summed E-state index contributed by atoms with van der Waals surface area (Å²) in [4.78, 5) is 39.7. The fourth-order valence-corrected chi connectivity index (χ4v) is 3.15. The normalized spacial score (nSPS) is 21.3. The average molecular weight is 313 g/mol. The van der Waals surface area contributed by atoms with Crippen LogP contribution in [0.3, 0.4) is 0 Å². The Morgan fingerprint density at radius 3 is 2.96 bits per heavy atom. The third kappa shape index (κ3) is 2.25. The molecule has 2 saturated heterocycles. The topological polar surface area (TPSA) is 82.9 Å². The lowest BCUT2D eigenvalue weighted by Gasteiger charge is -2.42. The van der Waals surface area contributed by atoms with Crippen LogP contribution < -0.4 is 5.32 Å². The van der Waals surface area contributed by atoms with Crippen LogP contribution in [0.15, 0.2) is 34.9 Å². The SMILES string of the molecule is O=C1NCC(=O)N2CCN(C(=O)c3ccc4occc4c3)CC12. The highest BCUT2D eigenvalue weighted by Crippen LogP contribution is 2.20. The van der Waals surface area contributed by atoms with Crippen molar-refractivity contribution in [1.29, 1.82) is 0 Å². The first kappa shape index (κ1) is 13.8. The van der Waals surface area contributed by atoms with E-state index in [2.05, 4.69) is 5.32 Å². The molecule has 1 unspecified atom stereocenters. The lowest BCUT2D eigenvalue weighted by molar-refractivity contribution is -0.148. The van der Waals surface area contributed by atoms with Crippen LogP contribution in [0.4, 0.5) is 0 Å².